The molecule has 5 rings (SSSR count). The van der Waals surface area contributed by atoms with Gasteiger partial charge in [0.15, 0.2) is 5.82 Å². The number of ether oxygens (including phenoxy) is 2. The smallest absolute Gasteiger partial charge is 0.410 e. The molecule has 37 heavy (non-hydrogen) atoms. The molecular weight excluding hydrogens is 468 g/mol. The third-order valence-electron chi connectivity index (χ3n) is 7.18. The number of hydrogen-bond donors (Lipinski definition) is 1. The van der Waals surface area contributed by atoms with Crippen LogP contribution in [0.15, 0.2) is 24.4 Å². The van der Waals surface area contributed by atoms with Gasteiger partial charge in [-0.2, -0.15) is 5.10 Å². The van der Waals surface area contributed by atoms with E-state index in [1.165, 1.54) is 11.1 Å². The second kappa shape index (κ2) is 10.3. The highest BCUT2D eigenvalue weighted by Gasteiger charge is 2.28. The van der Waals surface area contributed by atoms with Crippen molar-refractivity contribution in [3.63, 3.8) is 0 Å². The minimum atomic E-state index is -0.479. The summed E-state index contributed by atoms with van der Waals surface area (Å²) in [5.41, 5.74) is 3.11. The van der Waals surface area contributed by atoms with Gasteiger partial charge in [-0.3, -0.25) is 0 Å². The number of anilines is 1. The largest absolute Gasteiger partial charge is 0.444 e. The van der Waals surface area contributed by atoms with Crippen LogP contribution >= 0.6 is 0 Å². The van der Waals surface area contributed by atoms with Gasteiger partial charge in [0.2, 0.25) is 0 Å². The molecule has 9 heteroatoms. The molecule has 4 heterocycles. The molecule has 2 aliphatic rings. The van der Waals surface area contributed by atoms with Gasteiger partial charge in [-0.1, -0.05) is 0 Å². The molecule has 0 spiro atoms. The van der Waals surface area contributed by atoms with E-state index in [4.69, 9.17) is 19.6 Å². The average molecular weight is 507 g/mol. The Morgan fingerprint density at radius 2 is 1.92 bits per heavy atom. The molecule has 1 N–H and O–H groups in total. The van der Waals surface area contributed by atoms with Crippen molar-refractivity contribution in [3.8, 4) is 5.82 Å². The van der Waals surface area contributed by atoms with Crippen molar-refractivity contribution in [1.29, 1.82) is 0 Å². The van der Waals surface area contributed by atoms with Gasteiger partial charge in [0, 0.05) is 43.6 Å². The molecule has 0 saturated carbocycles. The lowest BCUT2D eigenvalue weighted by molar-refractivity contribution is 0.0205. The van der Waals surface area contributed by atoms with Crippen LogP contribution in [0.3, 0.4) is 0 Å². The maximum atomic E-state index is 12.5. The summed E-state index contributed by atoms with van der Waals surface area (Å²) in [6.45, 7) is 13.6. The molecule has 2 saturated heterocycles. The Labute approximate surface area is 218 Å². The zero-order chi connectivity index (χ0) is 26.2. The third-order valence-corrected chi connectivity index (χ3v) is 7.18. The number of likely N-dealkylation sites (tertiary alicyclic amines) is 1. The maximum absolute atomic E-state index is 12.5. The number of amides is 1. The lowest BCUT2D eigenvalue weighted by Gasteiger charge is -2.34. The van der Waals surface area contributed by atoms with Crippen molar-refractivity contribution in [2.45, 2.75) is 65.4 Å². The van der Waals surface area contributed by atoms with Crippen molar-refractivity contribution in [1.82, 2.24) is 24.6 Å². The monoisotopic (exact) mass is 506 g/mol. The summed E-state index contributed by atoms with van der Waals surface area (Å²) in [6.07, 6.45) is 4.57. The van der Waals surface area contributed by atoms with Crippen molar-refractivity contribution < 1.29 is 14.3 Å². The molecule has 198 valence electrons. The van der Waals surface area contributed by atoms with Crippen molar-refractivity contribution >= 4 is 22.8 Å². The number of aromatic nitrogens is 4. The predicted octanol–water partition coefficient (Wildman–Crippen LogP) is 5.00. The second-order valence-corrected chi connectivity index (χ2v) is 11.3. The van der Waals surface area contributed by atoms with Crippen LogP contribution in [0.2, 0.25) is 0 Å². The lowest BCUT2D eigenvalue weighted by Crippen LogP contribution is -2.41. The van der Waals surface area contributed by atoms with Gasteiger partial charge < -0.3 is 19.7 Å². The number of fused-ring (bicyclic) bond motifs is 1. The molecule has 2 fully saturated rings. The van der Waals surface area contributed by atoms with Gasteiger partial charge in [0.1, 0.15) is 17.2 Å². The Morgan fingerprint density at radius 3 is 2.62 bits per heavy atom. The molecule has 0 aliphatic carbocycles. The number of nitrogens with one attached hydrogen (secondary N) is 1. The molecule has 1 atom stereocenters. The molecule has 9 nitrogen and oxygen atoms in total. The lowest BCUT2D eigenvalue weighted by atomic mass is 9.86. The molecule has 1 unspecified atom stereocenters. The Morgan fingerprint density at radius 1 is 1.14 bits per heavy atom. The van der Waals surface area contributed by atoms with Crippen LogP contribution in [-0.2, 0) is 9.47 Å². The zero-order valence-corrected chi connectivity index (χ0v) is 22.6. The van der Waals surface area contributed by atoms with Gasteiger partial charge in [-0.25, -0.2) is 19.4 Å². The fourth-order valence-corrected chi connectivity index (χ4v) is 5.27. The fourth-order valence-electron chi connectivity index (χ4n) is 5.27. The van der Waals surface area contributed by atoms with Crippen LogP contribution in [0.1, 0.15) is 62.9 Å². The first-order valence-electron chi connectivity index (χ1n) is 13.3. The maximum Gasteiger partial charge on any atom is 0.410 e. The Hall–Kier alpha value is -3.20. The summed E-state index contributed by atoms with van der Waals surface area (Å²) in [6, 6.07) is 6.43. The van der Waals surface area contributed by atoms with Gasteiger partial charge in [-0.05, 0) is 83.1 Å². The highest BCUT2D eigenvalue weighted by molar-refractivity contribution is 5.82. The molecular formula is C28H38N6O3. The highest BCUT2D eigenvalue weighted by Crippen LogP contribution is 2.34. The number of rotatable bonds is 5. The van der Waals surface area contributed by atoms with E-state index in [2.05, 4.69) is 29.4 Å². The summed E-state index contributed by atoms with van der Waals surface area (Å²) in [5, 5.41) is 9.24. The number of benzene rings is 1. The van der Waals surface area contributed by atoms with E-state index in [9.17, 15) is 4.79 Å². The Bertz CT molecular complexity index is 1270. The third kappa shape index (κ3) is 5.87. The van der Waals surface area contributed by atoms with E-state index in [1.54, 1.807) is 0 Å². The fraction of sp³-hybridized carbons (Fsp3) is 0.571. The van der Waals surface area contributed by atoms with Crippen LogP contribution in [0.5, 0.6) is 0 Å². The van der Waals surface area contributed by atoms with Crippen molar-refractivity contribution in [3.05, 3.63) is 41.3 Å². The molecule has 0 bridgehead atoms. The number of piperidine rings is 1. The molecule has 2 aliphatic heterocycles. The first-order chi connectivity index (χ1) is 17.7. The predicted molar refractivity (Wildman–Crippen MR) is 143 cm³/mol. The van der Waals surface area contributed by atoms with Crippen LogP contribution in [0.25, 0.3) is 16.7 Å². The Balaban J connectivity index is 1.35. The summed E-state index contributed by atoms with van der Waals surface area (Å²) < 4.78 is 13.0. The standard InChI is InChI=1S/C28H38N6O3/c1-18-12-22-16-30-34(26-14-25(31-19(2)32-26)29-15-20-8-11-36-17-20)24(22)13-23(18)21-6-9-33(10-7-21)27(35)37-28(3,4)5/h12-14,16,20-21H,6-11,15,17H2,1-5H3,(H,29,31,32). The van der Waals surface area contributed by atoms with Crippen LogP contribution in [0, 0.1) is 19.8 Å². The topological polar surface area (TPSA) is 94.4 Å². The second-order valence-electron chi connectivity index (χ2n) is 11.3. The van der Waals surface area contributed by atoms with Crippen LogP contribution < -0.4 is 5.32 Å². The summed E-state index contributed by atoms with van der Waals surface area (Å²) in [7, 11) is 0. The van der Waals surface area contributed by atoms with Gasteiger partial charge in [0.05, 0.1) is 18.3 Å². The van der Waals surface area contributed by atoms with E-state index >= 15 is 0 Å². The molecule has 3 aromatic rings. The van der Waals surface area contributed by atoms with Gasteiger partial charge in [-0.15, -0.1) is 0 Å². The first kappa shape index (κ1) is 25.4. The Kier molecular flexibility index (Phi) is 7.07. The van der Waals surface area contributed by atoms with E-state index in [1.807, 2.05) is 49.5 Å². The normalized spacial score (nSPS) is 18.9. The summed E-state index contributed by atoms with van der Waals surface area (Å²) in [4.78, 5) is 23.6. The molecule has 2 aromatic heterocycles. The van der Waals surface area contributed by atoms with E-state index in [-0.39, 0.29) is 6.09 Å². The molecule has 1 amide bonds. The summed E-state index contributed by atoms with van der Waals surface area (Å²) in [5.74, 6) is 3.15. The number of hydrogen-bond acceptors (Lipinski definition) is 7. The molecule has 0 radical (unpaired) electrons. The number of carbonyl (C=O) groups excluding carboxylic acids is 1. The highest BCUT2D eigenvalue weighted by atomic mass is 16.6. The van der Waals surface area contributed by atoms with E-state index in [0.717, 1.165) is 61.6 Å². The minimum absolute atomic E-state index is 0.222. The minimum Gasteiger partial charge on any atom is -0.444 e. The average Bonchev–Trinajstić information content (AvgIpc) is 3.51. The number of nitrogens with zero attached hydrogens (tertiary/aromatic N) is 5. The number of aryl methyl sites for hydroxylation is 2. The van der Waals surface area contributed by atoms with Gasteiger partial charge >= 0.3 is 6.09 Å². The van der Waals surface area contributed by atoms with Gasteiger partial charge in [0.25, 0.3) is 0 Å². The SMILES string of the molecule is Cc1nc(NCC2CCOC2)cc(-n2ncc3cc(C)c(C4CCN(C(=O)OC(C)(C)C)CC4)cc32)n1. The quantitative estimate of drug-likeness (QED) is 0.521. The zero-order valence-electron chi connectivity index (χ0n) is 22.6. The van der Waals surface area contributed by atoms with E-state index < -0.39 is 5.60 Å². The van der Waals surface area contributed by atoms with E-state index in [0.29, 0.717) is 30.7 Å². The van der Waals surface area contributed by atoms with Crippen LogP contribution in [-0.4, -0.2) is 69.2 Å². The van der Waals surface area contributed by atoms with Crippen molar-refractivity contribution in [2.75, 3.05) is 38.2 Å². The first-order valence-corrected chi connectivity index (χ1v) is 13.3. The van der Waals surface area contributed by atoms with Crippen molar-refractivity contribution in [2.24, 2.45) is 5.92 Å². The molecule has 1 aromatic carbocycles. The van der Waals surface area contributed by atoms with Crippen LogP contribution in [0.4, 0.5) is 10.6 Å². The summed E-state index contributed by atoms with van der Waals surface area (Å²) >= 11 is 0. The number of carbonyl (C=O) groups is 1.